The standard InChI is InChI=1S/C15H23N3O.2ClH/c1-3-18(4-2)8-7-17-15(19)12-5-6-13-10-16-11-14(13)9-12;;/h5-6,9,16H,3-4,7-8,10-11H2,1-2H3,(H,17,19);2*1H. The number of rotatable bonds is 6. The first-order chi connectivity index (χ1) is 9.24. The molecule has 0 aliphatic carbocycles. The Labute approximate surface area is 139 Å². The summed E-state index contributed by atoms with van der Waals surface area (Å²) in [6.45, 7) is 9.72. The van der Waals surface area contributed by atoms with E-state index in [2.05, 4.69) is 35.4 Å². The summed E-state index contributed by atoms with van der Waals surface area (Å²) in [4.78, 5) is 14.4. The first-order valence-corrected chi connectivity index (χ1v) is 7.07. The van der Waals surface area contributed by atoms with Crippen molar-refractivity contribution >= 4 is 30.7 Å². The molecule has 1 heterocycles. The highest BCUT2D eigenvalue weighted by Gasteiger charge is 2.13. The summed E-state index contributed by atoms with van der Waals surface area (Å²) in [6, 6.07) is 5.97. The van der Waals surface area contributed by atoms with Crippen LogP contribution < -0.4 is 10.6 Å². The van der Waals surface area contributed by atoms with Crippen molar-refractivity contribution in [3.63, 3.8) is 0 Å². The van der Waals surface area contributed by atoms with Crippen molar-refractivity contribution < 1.29 is 4.79 Å². The van der Waals surface area contributed by atoms with E-state index in [4.69, 9.17) is 0 Å². The van der Waals surface area contributed by atoms with Crippen LogP contribution in [0.1, 0.15) is 35.3 Å². The van der Waals surface area contributed by atoms with E-state index >= 15 is 0 Å². The predicted molar refractivity (Wildman–Crippen MR) is 91.6 cm³/mol. The predicted octanol–water partition coefficient (Wildman–Crippen LogP) is 2.21. The molecule has 1 aliphatic heterocycles. The van der Waals surface area contributed by atoms with Crippen LogP contribution in [0.5, 0.6) is 0 Å². The highest BCUT2D eigenvalue weighted by atomic mass is 35.5. The Hall–Kier alpha value is -0.810. The molecule has 1 aromatic carbocycles. The fraction of sp³-hybridized carbons (Fsp3) is 0.533. The highest BCUT2D eigenvalue weighted by molar-refractivity contribution is 5.94. The minimum absolute atomic E-state index is 0. The van der Waals surface area contributed by atoms with Crippen molar-refractivity contribution in [1.29, 1.82) is 0 Å². The van der Waals surface area contributed by atoms with Gasteiger partial charge in [0.25, 0.3) is 5.91 Å². The highest BCUT2D eigenvalue weighted by Crippen LogP contribution is 2.16. The monoisotopic (exact) mass is 333 g/mol. The lowest BCUT2D eigenvalue weighted by Gasteiger charge is -2.18. The third-order valence-electron chi connectivity index (χ3n) is 3.71. The van der Waals surface area contributed by atoms with Crippen LogP contribution in [0.4, 0.5) is 0 Å². The molecule has 2 N–H and O–H groups in total. The van der Waals surface area contributed by atoms with Crippen LogP contribution in [0.25, 0.3) is 0 Å². The number of halogens is 2. The Kier molecular flexibility index (Phi) is 9.62. The Morgan fingerprint density at radius 1 is 1.19 bits per heavy atom. The minimum Gasteiger partial charge on any atom is -0.351 e. The van der Waals surface area contributed by atoms with E-state index in [1.807, 2.05) is 12.1 Å². The molecule has 0 radical (unpaired) electrons. The fourth-order valence-electron chi connectivity index (χ4n) is 2.41. The van der Waals surface area contributed by atoms with E-state index in [9.17, 15) is 4.79 Å². The van der Waals surface area contributed by atoms with Gasteiger partial charge in [-0.1, -0.05) is 19.9 Å². The lowest BCUT2D eigenvalue weighted by atomic mass is 10.1. The summed E-state index contributed by atoms with van der Waals surface area (Å²) in [5, 5.41) is 6.28. The summed E-state index contributed by atoms with van der Waals surface area (Å²) in [5.74, 6) is 0.0295. The van der Waals surface area contributed by atoms with Gasteiger partial charge in [0.1, 0.15) is 0 Å². The molecule has 0 fully saturated rings. The molecule has 1 aliphatic rings. The number of hydrogen-bond donors (Lipinski definition) is 2. The Morgan fingerprint density at radius 2 is 1.86 bits per heavy atom. The smallest absolute Gasteiger partial charge is 0.251 e. The van der Waals surface area contributed by atoms with Gasteiger partial charge in [0.05, 0.1) is 0 Å². The number of carbonyl (C=O) groups excluding carboxylic acids is 1. The molecule has 0 saturated heterocycles. The zero-order valence-electron chi connectivity index (χ0n) is 12.6. The maximum absolute atomic E-state index is 12.1. The maximum atomic E-state index is 12.1. The number of fused-ring (bicyclic) bond motifs is 1. The number of amides is 1. The summed E-state index contributed by atoms with van der Waals surface area (Å²) in [5.41, 5.74) is 3.32. The van der Waals surface area contributed by atoms with Gasteiger partial charge in [0.2, 0.25) is 0 Å². The van der Waals surface area contributed by atoms with E-state index in [1.165, 1.54) is 11.1 Å². The molecule has 0 saturated carbocycles. The topological polar surface area (TPSA) is 44.4 Å². The van der Waals surface area contributed by atoms with Gasteiger partial charge >= 0.3 is 0 Å². The van der Waals surface area contributed by atoms with Crippen LogP contribution in [0, 0.1) is 0 Å². The second-order valence-corrected chi connectivity index (χ2v) is 4.87. The molecule has 6 heteroatoms. The number of benzene rings is 1. The Morgan fingerprint density at radius 3 is 2.52 bits per heavy atom. The molecule has 0 unspecified atom stereocenters. The largest absolute Gasteiger partial charge is 0.351 e. The van der Waals surface area contributed by atoms with Crippen molar-refractivity contribution in [2.45, 2.75) is 26.9 Å². The van der Waals surface area contributed by atoms with Crippen LogP contribution >= 0.6 is 24.8 Å². The summed E-state index contributed by atoms with van der Waals surface area (Å²) >= 11 is 0. The van der Waals surface area contributed by atoms with E-state index in [0.29, 0.717) is 6.54 Å². The second kappa shape index (κ2) is 10.0. The lowest BCUT2D eigenvalue weighted by Crippen LogP contribution is -2.34. The molecule has 0 atom stereocenters. The van der Waals surface area contributed by atoms with Gasteiger partial charge in [0.15, 0.2) is 0 Å². The molecular weight excluding hydrogens is 309 g/mol. The zero-order valence-corrected chi connectivity index (χ0v) is 14.3. The Balaban J connectivity index is 0.00000200. The van der Waals surface area contributed by atoms with E-state index in [1.54, 1.807) is 0 Å². The zero-order chi connectivity index (χ0) is 13.7. The number of likely N-dealkylation sites (N-methyl/N-ethyl adjacent to an activating group) is 1. The maximum Gasteiger partial charge on any atom is 0.251 e. The Bertz CT molecular complexity index is 451. The van der Waals surface area contributed by atoms with Gasteiger partial charge in [-0.2, -0.15) is 0 Å². The molecule has 0 bridgehead atoms. The minimum atomic E-state index is 0. The molecule has 120 valence electrons. The van der Waals surface area contributed by atoms with Crippen LogP contribution in [-0.2, 0) is 13.1 Å². The second-order valence-electron chi connectivity index (χ2n) is 4.87. The van der Waals surface area contributed by atoms with Gasteiger partial charge in [-0.05, 0) is 36.3 Å². The van der Waals surface area contributed by atoms with Gasteiger partial charge < -0.3 is 15.5 Å². The first-order valence-electron chi connectivity index (χ1n) is 7.07. The molecule has 21 heavy (non-hydrogen) atoms. The molecule has 1 aromatic rings. The van der Waals surface area contributed by atoms with E-state index in [-0.39, 0.29) is 30.7 Å². The number of carbonyl (C=O) groups is 1. The van der Waals surface area contributed by atoms with Crippen LogP contribution in [0.3, 0.4) is 0 Å². The molecule has 1 amide bonds. The lowest BCUT2D eigenvalue weighted by molar-refractivity contribution is 0.0949. The van der Waals surface area contributed by atoms with Gasteiger partial charge in [-0.3, -0.25) is 4.79 Å². The quantitative estimate of drug-likeness (QED) is 0.838. The molecule has 4 nitrogen and oxygen atoms in total. The summed E-state index contributed by atoms with van der Waals surface area (Å²) in [7, 11) is 0. The van der Waals surface area contributed by atoms with Crippen molar-refractivity contribution in [3.05, 3.63) is 34.9 Å². The number of nitrogens with one attached hydrogen (secondary N) is 2. The van der Waals surface area contributed by atoms with Gasteiger partial charge in [-0.25, -0.2) is 0 Å². The van der Waals surface area contributed by atoms with Crippen molar-refractivity contribution in [2.75, 3.05) is 26.2 Å². The van der Waals surface area contributed by atoms with Crippen LogP contribution in [0.2, 0.25) is 0 Å². The number of nitrogens with zero attached hydrogens (tertiary/aromatic N) is 1. The molecular formula is C15H25Cl2N3O. The summed E-state index contributed by atoms with van der Waals surface area (Å²) in [6.07, 6.45) is 0. The average Bonchev–Trinajstić information content (AvgIpc) is 2.90. The van der Waals surface area contributed by atoms with Crippen molar-refractivity contribution in [3.8, 4) is 0 Å². The normalized spacial score (nSPS) is 12.3. The van der Waals surface area contributed by atoms with E-state index in [0.717, 1.165) is 38.3 Å². The molecule has 0 aromatic heterocycles. The van der Waals surface area contributed by atoms with Gasteiger partial charge in [-0.15, -0.1) is 24.8 Å². The third-order valence-corrected chi connectivity index (χ3v) is 3.71. The van der Waals surface area contributed by atoms with Gasteiger partial charge in [0, 0.05) is 31.7 Å². The third kappa shape index (κ3) is 5.47. The molecule has 0 spiro atoms. The van der Waals surface area contributed by atoms with Crippen molar-refractivity contribution in [1.82, 2.24) is 15.5 Å². The van der Waals surface area contributed by atoms with E-state index < -0.39 is 0 Å². The average molecular weight is 334 g/mol. The van der Waals surface area contributed by atoms with Crippen LogP contribution in [-0.4, -0.2) is 37.0 Å². The summed E-state index contributed by atoms with van der Waals surface area (Å²) < 4.78 is 0. The first kappa shape index (κ1) is 20.2. The van der Waals surface area contributed by atoms with Crippen LogP contribution in [0.15, 0.2) is 18.2 Å². The number of hydrogen-bond acceptors (Lipinski definition) is 3. The molecule has 2 rings (SSSR count). The fourth-order valence-corrected chi connectivity index (χ4v) is 2.41. The SMILES string of the molecule is CCN(CC)CCNC(=O)c1ccc2c(c1)CNC2.Cl.Cl. The van der Waals surface area contributed by atoms with Crippen molar-refractivity contribution in [2.24, 2.45) is 0 Å².